The summed E-state index contributed by atoms with van der Waals surface area (Å²) in [6, 6.07) is 6.73. The fraction of sp³-hybridized carbons (Fsp3) is 0.500. The summed E-state index contributed by atoms with van der Waals surface area (Å²) in [5.41, 5.74) is 0.562. The fourth-order valence-corrected chi connectivity index (χ4v) is 3.15. The van der Waals surface area contributed by atoms with Crippen molar-refractivity contribution in [1.82, 2.24) is 9.80 Å². The molecule has 1 heterocycles. The van der Waals surface area contributed by atoms with Crippen LogP contribution in [0.15, 0.2) is 24.3 Å². The van der Waals surface area contributed by atoms with Crippen molar-refractivity contribution in [3.05, 3.63) is 34.9 Å². The van der Waals surface area contributed by atoms with Crippen LogP contribution in [0.4, 0.5) is 0 Å². The molecule has 1 unspecified atom stereocenters. The summed E-state index contributed by atoms with van der Waals surface area (Å²) in [5.74, 6) is -1.22. The number of hydrogen-bond donors (Lipinski definition) is 1. The number of benzene rings is 1. The average molecular weight is 367 g/mol. The molecule has 7 heteroatoms. The summed E-state index contributed by atoms with van der Waals surface area (Å²) in [6.45, 7) is 1.43. The maximum Gasteiger partial charge on any atom is 0.303 e. The highest BCUT2D eigenvalue weighted by atomic mass is 35.5. The van der Waals surface area contributed by atoms with E-state index in [4.69, 9.17) is 16.7 Å². The number of piperidine rings is 1. The van der Waals surface area contributed by atoms with Gasteiger partial charge in [-0.05, 0) is 43.5 Å². The first kappa shape index (κ1) is 19.2. The summed E-state index contributed by atoms with van der Waals surface area (Å²) in [5, 5.41) is 9.25. The third-order valence-corrected chi connectivity index (χ3v) is 4.66. The second kappa shape index (κ2) is 8.85. The molecule has 1 aromatic rings. The van der Waals surface area contributed by atoms with Crippen molar-refractivity contribution in [2.45, 2.75) is 25.7 Å². The number of carboxylic acid groups (broad SMARTS) is 1. The monoisotopic (exact) mass is 366 g/mol. The molecule has 2 rings (SSSR count). The highest BCUT2D eigenvalue weighted by Crippen LogP contribution is 2.21. The number of carbonyl (C=O) groups is 3. The van der Waals surface area contributed by atoms with Gasteiger partial charge in [-0.3, -0.25) is 14.4 Å². The zero-order chi connectivity index (χ0) is 18.4. The van der Waals surface area contributed by atoms with Gasteiger partial charge in [0.15, 0.2) is 0 Å². The minimum absolute atomic E-state index is 0.0287. The number of aliphatic carboxylic acids is 1. The first-order valence-electron chi connectivity index (χ1n) is 8.40. The summed E-state index contributed by atoms with van der Waals surface area (Å²) in [4.78, 5) is 39.0. The Morgan fingerprint density at radius 1 is 1.28 bits per heavy atom. The Bertz CT molecular complexity index is 632. The van der Waals surface area contributed by atoms with Gasteiger partial charge in [-0.25, -0.2) is 0 Å². The Morgan fingerprint density at radius 3 is 2.60 bits per heavy atom. The number of likely N-dealkylation sites (tertiary alicyclic amines) is 1. The van der Waals surface area contributed by atoms with Crippen molar-refractivity contribution >= 4 is 29.4 Å². The van der Waals surface area contributed by atoms with Crippen LogP contribution in [0.3, 0.4) is 0 Å². The maximum absolute atomic E-state index is 12.6. The zero-order valence-corrected chi connectivity index (χ0v) is 15.0. The van der Waals surface area contributed by atoms with Crippen molar-refractivity contribution in [1.29, 1.82) is 0 Å². The van der Waals surface area contributed by atoms with Crippen LogP contribution in [0.5, 0.6) is 0 Å². The van der Waals surface area contributed by atoms with Gasteiger partial charge in [-0.15, -0.1) is 0 Å². The molecular formula is C18H23ClN2O4. The molecule has 1 aliphatic rings. The predicted molar refractivity (Wildman–Crippen MR) is 94.6 cm³/mol. The Balaban J connectivity index is 1.93. The summed E-state index contributed by atoms with van der Waals surface area (Å²) in [7, 11) is 1.68. The Kier molecular flexibility index (Phi) is 6.82. The highest BCUT2D eigenvalue weighted by Gasteiger charge is 2.30. The molecule has 1 N–H and O–H groups in total. The lowest BCUT2D eigenvalue weighted by Gasteiger charge is -2.34. The van der Waals surface area contributed by atoms with Crippen LogP contribution in [-0.4, -0.2) is 59.4 Å². The molecule has 1 atom stereocenters. The SMILES string of the molecule is CN(CCCC(=O)O)C(=O)C1CCCN(C(=O)c2ccc(Cl)cc2)C1. The van der Waals surface area contributed by atoms with E-state index in [2.05, 4.69) is 0 Å². The molecule has 0 aliphatic carbocycles. The summed E-state index contributed by atoms with van der Waals surface area (Å²) >= 11 is 5.85. The first-order valence-corrected chi connectivity index (χ1v) is 8.78. The van der Waals surface area contributed by atoms with Crippen LogP contribution in [0.1, 0.15) is 36.0 Å². The zero-order valence-electron chi connectivity index (χ0n) is 14.3. The molecule has 2 amide bonds. The molecule has 0 bridgehead atoms. The van der Waals surface area contributed by atoms with Gasteiger partial charge in [0.25, 0.3) is 5.91 Å². The van der Waals surface area contributed by atoms with E-state index >= 15 is 0 Å². The van der Waals surface area contributed by atoms with E-state index in [1.54, 1.807) is 41.1 Å². The molecule has 1 aliphatic heterocycles. The molecule has 0 aromatic heterocycles. The lowest BCUT2D eigenvalue weighted by atomic mass is 9.96. The summed E-state index contributed by atoms with van der Waals surface area (Å²) < 4.78 is 0. The minimum Gasteiger partial charge on any atom is -0.481 e. The minimum atomic E-state index is -0.863. The number of rotatable bonds is 6. The Morgan fingerprint density at radius 2 is 1.96 bits per heavy atom. The molecular weight excluding hydrogens is 344 g/mol. The number of carboxylic acids is 1. The van der Waals surface area contributed by atoms with Crippen LogP contribution >= 0.6 is 11.6 Å². The van der Waals surface area contributed by atoms with Crippen LogP contribution in [0.2, 0.25) is 5.02 Å². The quantitative estimate of drug-likeness (QED) is 0.839. The van der Waals surface area contributed by atoms with Gasteiger partial charge < -0.3 is 14.9 Å². The van der Waals surface area contributed by atoms with Gasteiger partial charge in [-0.2, -0.15) is 0 Å². The molecule has 6 nitrogen and oxygen atoms in total. The van der Waals surface area contributed by atoms with Crippen LogP contribution in [-0.2, 0) is 9.59 Å². The molecule has 0 spiro atoms. The Hall–Kier alpha value is -2.08. The van der Waals surface area contributed by atoms with Crippen molar-refractivity contribution in [3.8, 4) is 0 Å². The maximum atomic E-state index is 12.6. The normalized spacial score (nSPS) is 17.2. The molecule has 1 saturated heterocycles. The topological polar surface area (TPSA) is 77.9 Å². The highest BCUT2D eigenvalue weighted by molar-refractivity contribution is 6.30. The van der Waals surface area contributed by atoms with Crippen LogP contribution in [0.25, 0.3) is 0 Å². The van der Waals surface area contributed by atoms with Crippen molar-refractivity contribution in [2.24, 2.45) is 5.92 Å². The largest absolute Gasteiger partial charge is 0.481 e. The van der Waals surface area contributed by atoms with E-state index in [9.17, 15) is 14.4 Å². The summed E-state index contributed by atoms with van der Waals surface area (Å²) in [6.07, 6.45) is 1.99. The van der Waals surface area contributed by atoms with Gasteiger partial charge in [-0.1, -0.05) is 11.6 Å². The second-order valence-corrected chi connectivity index (χ2v) is 6.79. The van der Waals surface area contributed by atoms with Gasteiger partial charge in [0, 0.05) is 43.7 Å². The third kappa shape index (κ3) is 5.46. The van der Waals surface area contributed by atoms with Crippen molar-refractivity contribution < 1.29 is 19.5 Å². The lowest BCUT2D eigenvalue weighted by molar-refractivity contribution is -0.139. The molecule has 1 fully saturated rings. The number of amides is 2. The van der Waals surface area contributed by atoms with E-state index in [1.165, 1.54) is 0 Å². The standard InChI is InChI=1S/C18H23ClN2O4/c1-20(10-3-5-16(22)23)17(24)14-4-2-11-21(12-14)18(25)13-6-8-15(19)9-7-13/h6-9,14H,2-5,10-12H2,1H3,(H,22,23). The second-order valence-electron chi connectivity index (χ2n) is 6.35. The number of carbonyl (C=O) groups excluding carboxylic acids is 2. The number of halogens is 1. The lowest BCUT2D eigenvalue weighted by Crippen LogP contribution is -2.46. The molecule has 136 valence electrons. The first-order chi connectivity index (χ1) is 11.9. The Labute approximate surface area is 152 Å². The van der Waals surface area contributed by atoms with Gasteiger partial charge in [0.2, 0.25) is 5.91 Å². The van der Waals surface area contributed by atoms with Crippen LogP contribution in [0, 0.1) is 5.92 Å². The van der Waals surface area contributed by atoms with Crippen LogP contribution < -0.4 is 0 Å². The fourth-order valence-electron chi connectivity index (χ4n) is 3.03. The van der Waals surface area contributed by atoms with Crippen molar-refractivity contribution in [3.63, 3.8) is 0 Å². The predicted octanol–water partition coefficient (Wildman–Crippen LogP) is 2.52. The molecule has 25 heavy (non-hydrogen) atoms. The number of hydrogen-bond acceptors (Lipinski definition) is 3. The van der Waals surface area contributed by atoms with E-state index in [-0.39, 0.29) is 24.2 Å². The average Bonchev–Trinajstić information content (AvgIpc) is 2.60. The van der Waals surface area contributed by atoms with Gasteiger partial charge >= 0.3 is 5.97 Å². The van der Waals surface area contributed by atoms with E-state index in [0.717, 1.165) is 12.8 Å². The van der Waals surface area contributed by atoms with Crippen molar-refractivity contribution in [2.75, 3.05) is 26.7 Å². The molecule has 0 radical (unpaired) electrons. The third-order valence-electron chi connectivity index (χ3n) is 4.41. The van der Waals surface area contributed by atoms with Gasteiger partial charge in [0.05, 0.1) is 5.92 Å². The molecule has 1 aromatic carbocycles. The van der Waals surface area contributed by atoms with E-state index in [1.807, 2.05) is 0 Å². The number of nitrogens with zero attached hydrogens (tertiary/aromatic N) is 2. The van der Waals surface area contributed by atoms with E-state index in [0.29, 0.717) is 36.6 Å². The van der Waals surface area contributed by atoms with Gasteiger partial charge in [0.1, 0.15) is 0 Å². The molecule has 0 saturated carbocycles. The smallest absolute Gasteiger partial charge is 0.303 e. The van der Waals surface area contributed by atoms with E-state index < -0.39 is 5.97 Å².